The third kappa shape index (κ3) is 7.31. The molecule has 0 heterocycles. The van der Waals surface area contributed by atoms with Gasteiger partial charge in [-0.3, -0.25) is 9.59 Å². The van der Waals surface area contributed by atoms with Crippen LogP contribution in [0.4, 0.5) is 5.69 Å². The van der Waals surface area contributed by atoms with Gasteiger partial charge in [-0.1, -0.05) is 23.7 Å². The van der Waals surface area contributed by atoms with Gasteiger partial charge in [0, 0.05) is 37.1 Å². The molecule has 0 saturated carbocycles. The van der Waals surface area contributed by atoms with Crippen LogP contribution in [0.3, 0.4) is 0 Å². The summed E-state index contributed by atoms with van der Waals surface area (Å²) >= 11 is 5.88. The predicted molar refractivity (Wildman–Crippen MR) is 108 cm³/mol. The number of amides is 2. The first-order chi connectivity index (χ1) is 12.8. The van der Waals surface area contributed by atoms with Gasteiger partial charge in [-0.2, -0.15) is 0 Å². The van der Waals surface area contributed by atoms with E-state index in [2.05, 4.69) is 5.32 Å². The fourth-order valence-electron chi connectivity index (χ4n) is 2.51. The quantitative estimate of drug-likeness (QED) is 0.724. The number of anilines is 1. The summed E-state index contributed by atoms with van der Waals surface area (Å²) in [5, 5.41) is 3.49. The first-order valence-electron chi connectivity index (χ1n) is 8.90. The first kappa shape index (κ1) is 20.8. The van der Waals surface area contributed by atoms with Gasteiger partial charge >= 0.3 is 0 Å². The number of benzene rings is 2. The molecule has 0 aliphatic carbocycles. The minimum atomic E-state index is -0.144. The van der Waals surface area contributed by atoms with E-state index in [9.17, 15) is 9.59 Å². The summed E-state index contributed by atoms with van der Waals surface area (Å²) in [6, 6.07) is 14.6. The van der Waals surface area contributed by atoms with Crippen molar-refractivity contribution in [2.45, 2.75) is 39.8 Å². The van der Waals surface area contributed by atoms with Gasteiger partial charge < -0.3 is 15.0 Å². The Hall–Kier alpha value is -2.53. The molecule has 0 atom stereocenters. The lowest BCUT2D eigenvalue weighted by Crippen LogP contribution is -2.31. The second-order valence-electron chi connectivity index (χ2n) is 6.56. The highest BCUT2D eigenvalue weighted by Gasteiger charge is 2.12. The summed E-state index contributed by atoms with van der Waals surface area (Å²) in [4.78, 5) is 25.7. The highest BCUT2D eigenvalue weighted by molar-refractivity contribution is 6.30. The van der Waals surface area contributed by atoms with E-state index >= 15 is 0 Å². The zero-order valence-electron chi connectivity index (χ0n) is 15.9. The molecule has 6 heteroatoms. The second kappa shape index (κ2) is 9.97. The van der Waals surface area contributed by atoms with Gasteiger partial charge in [-0.15, -0.1) is 0 Å². The second-order valence-corrected chi connectivity index (χ2v) is 6.99. The van der Waals surface area contributed by atoms with Gasteiger partial charge in [0.15, 0.2) is 0 Å². The SMILES string of the molecule is CC(=O)N(CCC(=O)Nc1ccc(OC(C)C)cc1)Cc1ccc(Cl)cc1. The molecule has 0 spiro atoms. The molecule has 0 unspecified atom stereocenters. The normalized spacial score (nSPS) is 10.6. The molecular weight excluding hydrogens is 364 g/mol. The summed E-state index contributed by atoms with van der Waals surface area (Å²) < 4.78 is 5.58. The maximum Gasteiger partial charge on any atom is 0.226 e. The molecule has 2 rings (SSSR count). The van der Waals surface area contributed by atoms with Crippen molar-refractivity contribution in [1.82, 2.24) is 4.90 Å². The van der Waals surface area contributed by atoms with Crippen LogP contribution in [0.25, 0.3) is 0 Å². The maximum absolute atomic E-state index is 12.2. The van der Waals surface area contributed by atoms with Crippen LogP contribution in [0.5, 0.6) is 5.75 Å². The van der Waals surface area contributed by atoms with Gasteiger partial charge in [0.05, 0.1) is 6.10 Å². The zero-order chi connectivity index (χ0) is 19.8. The smallest absolute Gasteiger partial charge is 0.226 e. The Balaban J connectivity index is 1.86. The molecule has 0 fully saturated rings. The Morgan fingerprint density at radius 2 is 1.70 bits per heavy atom. The third-order valence-electron chi connectivity index (χ3n) is 3.85. The highest BCUT2D eigenvalue weighted by Crippen LogP contribution is 2.17. The largest absolute Gasteiger partial charge is 0.491 e. The number of hydrogen-bond acceptors (Lipinski definition) is 3. The van der Waals surface area contributed by atoms with Crippen LogP contribution < -0.4 is 10.1 Å². The number of carbonyl (C=O) groups excluding carboxylic acids is 2. The number of nitrogens with zero attached hydrogens (tertiary/aromatic N) is 1. The van der Waals surface area contributed by atoms with Gasteiger partial charge in [-0.25, -0.2) is 0 Å². The van der Waals surface area contributed by atoms with Crippen molar-refractivity contribution in [2.24, 2.45) is 0 Å². The van der Waals surface area contributed by atoms with Gasteiger partial charge in [-0.05, 0) is 55.8 Å². The minimum Gasteiger partial charge on any atom is -0.491 e. The number of hydrogen-bond donors (Lipinski definition) is 1. The topological polar surface area (TPSA) is 58.6 Å². The van der Waals surface area contributed by atoms with Gasteiger partial charge in [0.2, 0.25) is 11.8 Å². The summed E-state index contributed by atoms with van der Waals surface area (Å²) in [7, 11) is 0. The van der Waals surface area contributed by atoms with Gasteiger partial charge in [0.1, 0.15) is 5.75 Å². The first-order valence-corrected chi connectivity index (χ1v) is 9.28. The third-order valence-corrected chi connectivity index (χ3v) is 4.10. The van der Waals surface area contributed by atoms with E-state index in [1.807, 2.05) is 38.1 Å². The number of halogens is 1. The van der Waals surface area contributed by atoms with Crippen LogP contribution in [-0.2, 0) is 16.1 Å². The lowest BCUT2D eigenvalue weighted by Gasteiger charge is -2.21. The number of rotatable bonds is 8. The molecule has 0 aliphatic heterocycles. The number of carbonyl (C=O) groups is 2. The van der Waals surface area contributed by atoms with Crippen LogP contribution in [0.1, 0.15) is 32.8 Å². The molecule has 0 saturated heterocycles. The van der Waals surface area contributed by atoms with E-state index in [1.165, 1.54) is 6.92 Å². The van der Waals surface area contributed by atoms with E-state index in [1.54, 1.807) is 29.2 Å². The Morgan fingerprint density at radius 1 is 1.07 bits per heavy atom. The number of ether oxygens (including phenoxy) is 1. The van der Waals surface area contributed by atoms with Crippen molar-refractivity contribution >= 4 is 29.1 Å². The number of nitrogens with one attached hydrogen (secondary N) is 1. The Labute approximate surface area is 165 Å². The summed E-state index contributed by atoms with van der Waals surface area (Å²) in [5.74, 6) is 0.538. The molecule has 0 radical (unpaired) electrons. The van der Waals surface area contributed by atoms with Crippen molar-refractivity contribution in [3.05, 3.63) is 59.1 Å². The van der Waals surface area contributed by atoms with Crippen molar-refractivity contribution in [3.8, 4) is 5.75 Å². The highest BCUT2D eigenvalue weighted by atomic mass is 35.5. The molecular formula is C21H25ClN2O3. The van der Waals surface area contributed by atoms with E-state index in [0.717, 1.165) is 11.3 Å². The average molecular weight is 389 g/mol. The van der Waals surface area contributed by atoms with E-state index < -0.39 is 0 Å². The molecule has 0 aliphatic rings. The summed E-state index contributed by atoms with van der Waals surface area (Å²) in [6.07, 6.45) is 0.320. The Kier molecular flexibility index (Phi) is 7.67. The zero-order valence-corrected chi connectivity index (χ0v) is 16.6. The van der Waals surface area contributed by atoms with Crippen LogP contribution in [-0.4, -0.2) is 29.4 Å². The molecule has 5 nitrogen and oxygen atoms in total. The van der Waals surface area contributed by atoms with Crippen molar-refractivity contribution in [1.29, 1.82) is 0 Å². The predicted octanol–water partition coefficient (Wildman–Crippen LogP) is 4.50. The van der Waals surface area contributed by atoms with Crippen LogP contribution >= 0.6 is 11.6 Å². The van der Waals surface area contributed by atoms with E-state index in [-0.39, 0.29) is 24.3 Å². The molecule has 1 N–H and O–H groups in total. The fourth-order valence-corrected chi connectivity index (χ4v) is 2.63. The Bertz CT molecular complexity index is 758. The molecule has 2 aromatic rings. The molecule has 2 aromatic carbocycles. The summed E-state index contributed by atoms with van der Waals surface area (Å²) in [6.45, 7) is 6.21. The lowest BCUT2D eigenvalue weighted by molar-refractivity contribution is -0.129. The molecule has 144 valence electrons. The van der Waals surface area contributed by atoms with Crippen molar-refractivity contribution in [3.63, 3.8) is 0 Å². The monoisotopic (exact) mass is 388 g/mol. The van der Waals surface area contributed by atoms with E-state index in [0.29, 0.717) is 23.8 Å². The van der Waals surface area contributed by atoms with Crippen molar-refractivity contribution < 1.29 is 14.3 Å². The van der Waals surface area contributed by atoms with Crippen molar-refractivity contribution in [2.75, 3.05) is 11.9 Å². The maximum atomic E-state index is 12.2. The fraction of sp³-hybridized carbons (Fsp3) is 0.333. The van der Waals surface area contributed by atoms with Crippen LogP contribution in [0, 0.1) is 0 Å². The summed E-state index contributed by atoms with van der Waals surface area (Å²) in [5.41, 5.74) is 1.67. The van der Waals surface area contributed by atoms with Crippen LogP contribution in [0.15, 0.2) is 48.5 Å². The van der Waals surface area contributed by atoms with Gasteiger partial charge in [0.25, 0.3) is 0 Å². The molecule has 27 heavy (non-hydrogen) atoms. The standard InChI is InChI=1S/C21H25ClN2O3/c1-15(2)27-20-10-8-19(9-11-20)23-21(26)12-13-24(16(3)25)14-17-4-6-18(22)7-5-17/h4-11,15H,12-14H2,1-3H3,(H,23,26). The molecule has 2 amide bonds. The molecule has 0 bridgehead atoms. The average Bonchev–Trinajstić information content (AvgIpc) is 2.61. The van der Waals surface area contributed by atoms with Crippen LogP contribution in [0.2, 0.25) is 5.02 Å². The minimum absolute atomic E-state index is 0.0760. The molecule has 0 aromatic heterocycles. The van der Waals surface area contributed by atoms with E-state index in [4.69, 9.17) is 16.3 Å². The Morgan fingerprint density at radius 3 is 2.26 bits per heavy atom. The lowest BCUT2D eigenvalue weighted by atomic mass is 10.2.